The van der Waals surface area contributed by atoms with Crippen LogP contribution in [-0.2, 0) is 87.5 Å². The number of ether oxygens (including phenoxy) is 3. The van der Waals surface area contributed by atoms with Gasteiger partial charge in [-0.2, -0.15) is 0 Å². The number of piperidine rings is 3. The van der Waals surface area contributed by atoms with Crippen molar-refractivity contribution < 1.29 is 88.0 Å². The molecule has 3 aromatic rings. The Labute approximate surface area is 732 Å². The average Bonchev–Trinajstić information content (AvgIpc) is 1.67. The highest BCUT2D eigenvalue weighted by atomic mass is 32.2. The number of amides is 7. The summed E-state index contributed by atoms with van der Waals surface area (Å²) in [4.78, 5) is 105. The first-order valence-electron chi connectivity index (χ1n) is 42.3. The first-order valence-corrected chi connectivity index (χ1v) is 47.1. The summed E-state index contributed by atoms with van der Waals surface area (Å²) in [6.45, 7) is 41.7. The van der Waals surface area contributed by atoms with Crippen LogP contribution in [0, 0.1) is 41.5 Å². The Kier molecular flexibility index (Phi) is 42.5. The van der Waals surface area contributed by atoms with E-state index in [9.17, 15) is 63.6 Å². The van der Waals surface area contributed by atoms with Gasteiger partial charge in [0.2, 0.25) is 47.8 Å². The van der Waals surface area contributed by atoms with Gasteiger partial charge in [-0.15, -0.1) is 19.7 Å². The van der Waals surface area contributed by atoms with Crippen molar-refractivity contribution >= 4 is 101 Å². The molecule has 0 aromatic heterocycles. The molecule has 3 aromatic carbocycles. The number of carbonyl (C=O) groups excluding carboxylic acids is 7. The van der Waals surface area contributed by atoms with Crippen LogP contribution < -0.4 is 42.5 Å². The molecule has 3 fully saturated rings. The molecule has 4 aliphatic heterocycles. The maximum Gasteiger partial charge on any atom is 0.414 e. The van der Waals surface area contributed by atoms with Gasteiger partial charge < -0.3 is 52.3 Å². The number of aryl methyl sites for hydroxylation is 6. The zero-order valence-corrected chi connectivity index (χ0v) is 79.1. The maximum absolute atomic E-state index is 13.2. The van der Waals surface area contributed by atoms with Crippen LogP contribution in [0.1, 0.15) is 235 Å². The third-order valence-corrected chi connectivity index (χ3v) is 27.1. The van der Waals surface area contributed by atoms with E-state index in [0.29, 0.717) is 67.8 Å². The van der Waals surface area contributed by atoms with Gasteiger partial charge in [0.25, 0.3) is 5.91 Å². The van der Waals surface area contributed by atoms with Crippen molar-refractivity contribution in [1.82, 2.24) is 23.5 Å². The Morgan fingerprint density at radius 1 is 0.504 bits per heavy atom. The highest BCUT2D eigenvalue weighted by Crippen LogP contribution is 2.35. The molecule has 0 radical (unpaired) electrons. The Morgan fingerprint density at radius 2 is 0.797 bits per heavy atom. The number of sulfonamides is 3. The summed E-state index contributed by atoms with van der Waals surface area (Å²) in [5.74, 6) is -1.78. The summed E-state index contributed by atoms with van der Waals surface area (Å²) in [6, 6.07) is 11.2. The number of benzene rings is 3. The van der Waals surface area contributed by atoms with E-state index in [2.05, 4.69) is 30.4 Å². The normalized spacial score (nSPS) is 15.9. The smallest absolute Gasteiger partial charge is 0.414 e. The molecule has 31 nitrogen and oxygen atoms in total. The summed E-state index contributed by atoms with van der Waals surface area (Å²) in [5.41, 5.74) is 22.2. The molecule has 0 bridgehead atoms. The fourth-order valence-electron chi connectivity index (χ4n) is 14.3. The molecule has 1 spiro atoms. The van der Waals surface area contributed by atoms with E-state index in [4.69, 9.17) is 46.6 Å². The SMILES string of the molecule is C=CCCCCC(=O)NC1(C(N)=O)CCN(S(=O)(=O)CCc2c(C)cc(N(C)C(=O)OC(C)(C)C)cc2C)CC1.C=CCCCCC(=O)O.C=CCCCCC1=NC2(CCN(S(=O)(=O)CCc3c(C)cc(N(C)C(=O)OC(C)(C)C)cc3C)CC2)C(=O)N1.CCO.Cc1cc(N(C)C(=O)OC(C)(C)C)cc(C)c1CCS(=O)(=O)N1CCC(N)(C(N)=O)CC1. The highest BCUT2D eigenvalue weighted by Gasteiger charge is 2.48. The number of carbonyl (C=O) groups is 8. The summed E-state index contributed by atoms with van der Waals surface area (Å²) in [6.07, 6.45) is 15.7. The number of carboxylic acids is 1. The van der Waals surface area contributed by atoms with Crippen LogP contribution in [0.5, 0.6) is 0 Å². The van der Waals surface area contributed by atoms with Crippen LogP contribution in [0.25, 0.3) is 0 Å². The summed E-state index contributed by atoms with van der Waals surface area (Å²) < 4.78 is 99.2. The van der Waals surface area contributed by atoms with Crippen LogP contribution in [0.3, 0.4) is 0 Å². The second-order valence-electron chi connectivity index (χ2n) is 35.1. The van der Waals surface area contributed by atoms with E-state index in [-0.39, 0.29) is 113 Å². The van der Waals surface area contributed by atoms with Crippen molar-refractivity contribution in [2.75, 3.05) is 99.0 Å². The summed E-state index contributed by atoms with van der Waals surface area (Å²) in [7, 11) is -5.70. The molecule has 7 amide bonds. The number of unbranched alkanes of at least 4 members (excludes halogenated alkanes) is 6. The highest BCUT2D eigenvalue weighted by molar-refractivity contribution is 7.89. The van der Waals surface area contributed by atoms with Gasteiger partial charge in [0.05, 0.1) is 22.8 Å². The van der Waals surface area contributed by atoms with Gasteiger partial charge in [0.15, 0.2) is 0 Å². The molecule has 4 aliphatic rings. The van der Waals surface area contributed by atoms with Crippen LogP contribution >= 0.6 is 0 Å². The van der Waals surface area contributed by atoms with Gasteiger partial charge in [-0.05, 0) is 313 Å². The third kappa shape index (κ3) is 35.0. The quantitative estimate of drug-likeness (QED) is 0.0169. The third-order valence-electron chi connectivity index (χ3n) is 21.5. The van der Waals surface area contributed by atoms with E-state index in [1.54, 1.807) is 54.9 Å². The number of nitrogens with one attached hydrogen (secondary N) is 2. The van der Waals surface area contributed by atoms with Crippen molar-refractivity contribution in [2.24, 2.45) is 22.2 Å². The second kappa shape index (κ2) is 48.2. The number of nitrogens with two attached hydrogens (primary N) is 3. The monoisotopic (exact) mass is 1780 g/mol. The number of aliphatic carboxylic acids is 1. The van der Waals surface area contributed by atoms with Crippen molar-refractivity contribution in [1.29, 1.82) is 0 Å². The number of hydrogen-bond acceptors (Lipinski definition) is 20. The van der Waals surface area contributed by atoms with E-state index in [1.807, 2.05) is 132 Å². The Bertz CT molecular complexity index is 4450. The largest absolute Gasteiger partial charge is 0.481 e. The van der Waals surface area contributed by atoms with Gasteiger partial charge >= 0.3 is 24.2 Å². The minimum atomic E-state index is -3.63. The van der Waals surface area contributed by atoms with Gasteiger partial charge in [0, 0.05) is 103 Å². The lowest BCUT2D eigenvalue weighted by molar-refractivity contribution is -0.137. The summed E-state index contributed by atoms with van der Waals surface area (Å²) >= 11 is 0. The van der Waals surface area contributed by atoms with Gasteiger partial charge in [0.1, 0.15) is 33.7 Å². The minimum Gasteiger partial charge on any atom is -0.481 e. The average molecular weight is 1780 g/mol. The number of primary amides is 2. The zero-order chi connectivity index (χ0) is 93.6. The fraction of sp³-hybridized carbons (Fsp3) is 0.629. The standard InChI is InChI=1S/C29H46N4O6S.C29H44N4O5S.C22H36N4O5S.C7H12O2.C2H6O/c1-8-9-10-11-12-25(34)31-29(26(30)35)14-16-33(17-15-29)40(37,38)18-13-24-21(2)19-23(20-22(24)3)32(7)27(36)39-28(4,5)6;1-8-9-10-11-12-25-30-26(34)29(31-25)14-16-33(17-15-29)39(36,37)18-13-24-21(2)19-23(20-22(24)3)32(7)27(35)38-28(4,5)6;1-15-13-17(25(6)20(28)31-21(3,4)5)14-16(2)18(15)7-12-32(29,30)26-10-8-22(24,9-11-26)19(23)27;1-2-3-4-5-6-7(8)9;1-2-3/h8,19-20H,1,9-18H2,2-7H3,(H2,30,35)(H,31,34);8,19-20H,1,9-18H2,2-7H3,(H,30,31,34);13-14H,7-12,24H2,1-6H3,(H2,23,27);2H,1,3-6H2,(H,8,9);3H,2H2,1H3. The van der Waals surface area contributed by atoms with Crippen molar-refractivity contribution in [3.05, 3.63) is 124 Å². The number of amidine groups is 1. The number of carboxylic acid groups (broad SMARTS) is 1. The number of hydrogen-bond donors (Lipinski definition) is 7. The Hall–Kier alpha value is -8.64. The lowest BCUT2D eigenvalue weighted by Gasteiger charge is -2.39. The number of anilines is 3. The first-order chi connectivity index (χ1) is 56.9. The minimum absolute atomic E-state index is 0.0209. The number of aliphatic hydroxyl groups excluding tert-OH is 1. The predicted molar refractivity (Wildman–Crippen MR) is 487 cm³/mol. The molecular weight excluding hydrogens is 1640 g/mol. The number of nitrogens with zero attached hydrogens (tertiary/aromatic N) is 7. The molecule has 3 saturated heterocycles. The first kappa shape index (κ1) is 109. The lowest BCUT2D eigenvalue weighted by atomic mass is 9.87. The molecule has 0 unspecified atom stereocenters. The van der Waals surface area contributed by atoms with Gasteiger partial charge in [-0.1, -0.05) is 18.2 Å². The maximum atomic E-state index is 13.2. The molecule has 10 N–H and O–H groups in total. The predicted octanol–water partition coefficient (Wildman–Crippen LogP) is 12.0. The number of aliphatic imine (C=N–C) groups is 1. The van der Waals surface area contributed by atoms with E-state index < -0.39 is 99.6 Å². The second-order valence-corrected chi connectivity index (χ2v) is 41.3. The van der Waals surface area contributed by atoms with Crippen molar-refractivity contribution in [3.63, 3.8) is 0 Å². The molecule has 123 heavy (non-hydrogen) atoms. The van der Waals surface area contributed by atoms with Gasteiger partial charge in [-0.3, -0.25) is 43.7 Å². The molecule has 0 saturated carbocycles. The van der Waals surface area contributed by atoms with Crippen LogP contribution in [0.2, 0.25) is 0 Å². The molecule has 0 aliphatic carbocycles. The topological polar surface area (TPSA) is 441 Å². The Balaban J connectivity index is 0.000000447. The van der Waals surface area contributed by atoms with E-state index >= 15 is 0 Å². The molecular formula is C89H144N12O19S3. The van der Waals surface area contributed by atoms with Crippen molar-refractivity contribution in [2.45, 2.75) is 279 Å². The van der Waals surface area contributed by atoms with Crippen LogP contribution in [-0.4, -0.2) is 220 Å². The van der Waals surface area contributed by atoms with E-state index in [0.717, 1.165) is 101 Å². The van der Waals surface area contributed by atoms with E-state index in [1.165, 1.54) is 27.6 Å². The molecule has 34 heteroatoms. The summed E-state index contributed by atoms with van der Waals surface area (Å²) in [5, 5.41) is 21.5. The lowest BCUT2D eigenvalue weighted by Crippen LogP contribution is -2.62. The number of rotatable bonds is 33. The number of aliphatic hydroxyl groups is 1. The molecule has 0 atom stereocenters. The zero-order valence-electron chi connectivity index (χ0n) is 76.7. The number of allylic oxidation sites excluding steroid dienone is 3. The fourth-order valence-corrected chi connectivity index (χ4v) is 18.7. The van der Waals surface area contributed by atoms with Crippen molar-refractivity contribution in [3.8, 4) is 0 Å². The molecule has 4 heterocycles. The van der Waals surface area contributed by atoms with Crippen LogP contribution in [0.4, 0.5) is 31.4 Å². The Morgan fingerprint density at radius 3 is 1.08 bits per heavy atom. The molecule has 7 rings (SSSR count). The molecule has 692 valence electrons. The van der Waals surface area contributed by atoms with Gasteiger partial charge in [-0.25, -0.2) is 52.6 Å². The van der Waals surface area contributed by atoms with Crippen LogP contribution in [0.15, 0.2) is 79.4 Å².